The van der Waals surface area contributed by atoms with Crippen LogP contribution in [-0.2, 0) is 6.54 Å². The number of nitrogens with one attached hydrogen (secondary N) is 1. The summed E-state index contributed by atoms with van der Waals surface area (Å²) in [6, 6.07) is 4.33. The Hall–Kier alpha value is -1.28. The van der Waals surface area contributed by atoms with Crippen molar-refractivity contribution in [3.05, 3.63) is 38.8 Å². The number of aryl methyl sites for hydroxylation is 1. The summed E-state index contributed by atoms with van der Waals surface area (Å²) in [6.45, 7) is 2.48. The summed E-state index contributed by atoms with van der Waals surface area (Å²) in [5.74, 6) is -0.267. The Bertz CT molecular complexity index is 601. The number of anilines is 1. The molecular weight excluding hydrogens is 357 g/mol. The monoisotopic (exact) mass is 366 g/mol. The lowest BCUT2D eigenvalue weighted by molar-refractivity contribution is -0.274. The number of rotatable bonds is 4. The molecule has 2 rings (SSSR count). The predicted molar refractivity (Wildman–Crippen MR) is 75.0 cm³/mol. The van der Waals surface area contributed by atoms with Crippen molar-refractivity contribution in [2.24, 2.45) is 0 Å². The Balaban J connectivity index is 2.04. The van der Waals surface area contributed by atoms with Gasteiger partial charge in [0.25, 0.3) is 0 Å². The maximum atomic E-state index is 12.1. The topological polar surface area (TPSA) is 34.2 Å². The molecular formula is C12H10BrF3N2OS. The summed E-state index contributed by atoms with van der Waals surface area (Å²) < 4.78 is 40.5. The summed E-state index contributed by atoms with van der Waals surface area (Å²) in [6.07, 6.45) is -4.70. The largest absolute Gasteiger partial charge is 0.573 e. The molecule has 20 heavy (non-hydrogen) atoms. The van der Waals surface area contributed by atoms with Crippen molar-refractivity contribution in [2.45, 2.75) is 19.8 Å². The van der Waals surface area contributed by atoms with E-state index in [1.807, 2.05) is 6.92 Å². The first-order chi connectivity index (χ1) is 9.35. The van der Waals surface area contributed by atoms with E-state index < -0.39 is 6.36 Å². The number of aromatic nitrogens is 1. The van der Waals surface area contributed by atoms with Gasteiger partial charge in [-0.2, -0.15) is 0 Å². The van der Waals surface area contributed by atoms with Gasteiger partial charge in [-0.15, -0.1) is 24.5 Å². The van der Waals surface area contributed by atoms with Gasteiger partial charge in [0.1, 0.15) is 5.75 Å². The highest BCUT2D eigenvalue weighted by atomic mass is 79.9. The van der Waals surface area contributed by atoms with E-state index in [2.05, 4.69) is 31.0 Å². The van der Waals surface area contributed by atoms with Crippen LogP contribution in [0.2, 0.25) is 0 Å². The Kier molecular flexibility index (Phi) is 4.54. The molecule has 0 aliphatic rings. The van der Waals surface area contributed by atoms with Crippen molar-refractivity contribution in [1.29, 1.82) is 0 Å². The van der Waals surface area contributed by atoms with Crippen LogP contribution >= 0.6 is 27.3 Å². The van der Waals surface area contributed by atoms with E-state index in [-0.39, 0.29) is 10.2 Å². The van der Waals surface area contributed by atoms with Crippen molar-refractivity contribution in [1.82, 2.24) is 4.98 Å². The molecule has 1 aromatic heterocycles. The smallest absolute Gasteiger partial charge is 0.405 e. The molecule has 2 aromatic rings. The molecule has 0 fully saturated rings. The molecule has 0 amide bonds. The molecule has 0 aliphatic carbocycles. The van der Waals surface area contributed by atoms with Crippen LogP contribution in [0.5, 0.6) is 5.75 Å². The molecule has 108 valence electrons. The second-order valence-corrected chi connectivity index (χ2v) is 5.70. The van der Waals surface area contributed by atoms with E-state index in [0.717, 1.165) is 10.6 Å². The van der Waals surface area contributed by atoms with Crippen LogP contribution in [0.4, 0.5) is 18.9 Å². The van der Waals surface area contributed by atoms with Gasteiger partial charge in [-0.05, 0) is 41.1 Å². The number of ether oxygens (including phenoxy) is 1. The molecule has 0 spiro atoms. The van der Waals surface area contributed by atoms with Gasteiger partial charge in [0.2, 0.25) is 0 Å². The van der Waals surface area contributed by atoms with Crippen LogP contribution in [-0.4, -0.2) is 11.3 Å². The highest BCUT2D eigenvalue weighted by Gasteiger charge is 2.31. The van der Waals surface area contributed by atoms with Crippen molar-refractivity contribution in [2.75, 3.05) is 5.32 Å². The second kappa shape index (κ2) is 6.01. The lowest BCUT2D eigenvalue weighted by Gasteiger charge is -2.12. The molecule has 0 saturated heterocycles. The standard InChI is InChI=1S/C12H10BrF3N2OS/c1-7-11(20-6-18-7)5-17-8-2-3-10(9(13)4-8)19-12(14,15)16/h2-4,6,17H,5H2,1H3. The SMILES string of the molecule is Cc1ncsc1CNc1ccc(OC(F)(F)F)c(Br)c1. The minimum atomic E-state index is -4.70. The fourth-order valence-electron chi connectivity index (χ4n) is 1.50. The van der Waals surface area contributed by atoms with Gasteiger partial charge in [0.15, 0.2) is 0 Å². The van der Waals surface area contributed by atoms with Crippen molar-refractivity contribution in [3.63, 3.8) is 0 Å². The molecule has 8 heteroatoms. The fourth-order valence-corrected chi connectivity index (χ4v) is 2.67. The lowest BCUT2D eigenvalue weighted by Crippen LogP contribution is -2.17. The second-order valence-electron chi connectivity index (χ2n) is 3.91. The van der Waals surface area contributed by atoms with Crippen LogP contribution < -0.4 is 10.1 Å². The van der Waals surface area contributed by atoms with Crippen LogP contribution in [0.25, 0.3) is 0 Å². The minimum absolute atomic E-state index is 0.237. The first kappa shape index (κ1) is 15.1. The predicted octanol–water partition coefficient (Wildman–Crippen LogP) is 4.72. The first-order valence-electron chi connectivity index (χ1n) is 5.53. The van der Waals surface area contributed by atoms with Crippen molar-refractivity contribution < 1.29 is 17.9 Å². The van der Waals surface area contributed by atoms with Crippen molar-refractivity contribution in [3.8, 4) is 5.75 Å². The van der Waals surface area contributed by atoms with Gasteiger partial charge in [-0.25, -0.2) is 4.98 Å². The Morgan fingerprint density at radius 3 is 2.70 bits per heavy atom. The van der Waals surface area contributed by atoms with Crippen LogP contribution in [0, 0.1) is 6.92 Å². The zero-order chi connectivity index (χ0) is 14.8. The number of hydrogen-bond donors (Lipinski definition) is 1. The molecule has 0 aliphatic heterocycles. The third kappa shape index (κ3) is 4.11. The summed E-state index contributed by atoms with van der Waals surface area (Å²) in [7, 11) is 0. The van der Waals surface area contributed by atoms with Crippen molar-refractivity contribution >= 4 is 33.0 Å². The summed E-state index contributed by atoms with van der Waals surface area (Å²) in [4.78, 5) is 5.21. The molecule has 1 aromatic carbocycles. The molecule has 1 heterocycles. The number of alkyl halides is 3. The fraction of sp³-hybridized carbons (Fsp3) is 0.250. The van der Waals surface area contributed by atoms with E-state index in [1.54, 1.807) is 5.51 Å². The van der Waals surface area contributed by atoms with Gasteiger partial charge in [0, 0.05) is 10.6 Å². The summed E-state index contributed by atoms with van der Waals surface area (Å²) >= 11 is 4.58. The van der Waals surface area contributed by atoms with Gasteiger partial charge in [-0.1, -0.05) is 0 Å². The van der Waals surface area contributed by atoms with E-state index in [4.69, 9.17) is 0 Å². The van der Waals surface area contributed by atoms with Gasteiger partial charge in [0.05, 0.1) is 22.2 Å². The molecule has 0 saturated carbocycles. The Labute approximate surface area is 125 Å². The maximum Gasteiger partial charge on any atom is 0.573 e. The Morgan fingerprint density at radius 1 is 1.40 bits per heavy atom. The number of thiazole rings is 1. The number of nitrogens with zero attached hydrogens (tertiary/aromatic N) is 1. The summed E-state index contributed by atoms with van der Waals surface area (Å²) in [5, 5.41) is 3.12. The van der Waals surface area contributed by atoms with Crippen LogP contribution in [0.3, 0.4) is 0 Å². The molecule has 0 radical (unpaired) electrons. The quantitative estimate of drug-likeness (QED) is 0.849. The maximum absolute atomic E-state index is 12.1. The highest BCUT2D eigenvalue weighted by molar-refractivity contribution is 9.10. The third-order valence-electron chi connectivity index (χ3n) is 2.46. The normalized spacial score (nSPS) is 11.4. The molecule has 0 bridgehead atoms. The van der Waals surface area contributed by atoms with E-state index >= 15 is 0 Å². The van der Waals surface area contributed by atoms with Crippen LogP contribution in [0.1, 0.15) is 10.6 Å². The van der Waals surface area contributed by atoms with E-state index in [0.29, 0.717) is 12.2 Å². The van der Waals surface area contributed by atoms with E-state index in [1.165, 1.54) is 29.5 Å². The zero-order valence-corrected chi connectivity index (χ0v) is 12.7. The average Bonchev–Trinajstić information content (AvgIpc) is 2.74. The highest BCUT2D eigenvalue weighted by Crippen LogP contribution is 2.32. The number of hydrogen-bond acceptors (Lipinski definition) is 4. The third-order valence-corrected chi connectivity index (χ3v) is 4.01. The molecule has 0 unspecified atom stereocenters. The molecule has 3 nitrogen and oxygen atoms in total. The summed E-state index contributed by atoms with van der Waals surface area (Å²) in [5.41, 5.74) is 3.39. The van der Waals surface area contributed by atoms with Gasteiger partial charge < -0.3 is 10.1 Å². The first-order valence-corrected chi connectivity index (χ1v) is 7.20. The molecule has 0 atom stereocenters. The molecule has 1 N–H and O–H groups in total. The van der Waals surface area contributed by atoms with Crippen LogP contribution in [0.15, 0.2) is 28.2 Å². The zero-order valence-electron chi connectivity index (χ0n) is 10.3. The lowest BCUT2D eigenvalue weighted by atomic mass is 10.3. The Morgan fingerprint density at radius 2 is 2.15 bits per heavy atom. The number of halogens is 4. The number of benzene rings is 1. The average molecular weight is 367 g/mol. The minimum Gasteiger partial charge on any atom is -0.405 e. The van der Waals surface area contributed by atoms with Gasteiger partial charge in [-0.3, -0.25) is 0 Å². The van der Waals surface area contributed by atoms with E-state index in [9.17, 15) is 13.2 Å². The van der Waals surface area contributed by atoms with Gasteiger partial charge >= 0.3 is 6.36 Å².